The number of nitrogens with zero attached hydrogens (tertiary/aromatic N) is 2. The van der Waals surface area contributed by atoms with Crippen molar-refractivity contribution < 1.29 is 33.5 Å². The van der Waals surface area contributed by atoms with Gasteiger partial charge in [-0.05, 0) is 62.7 Å². The van der Waals surface area contributed by atoms with Crippen molar-refractivity contribution in [3.63, 3.8) is 0 Å². The average Bonchev–Trinajstić information content (AvgIpc) is 3.02. The van der Waals surface area contributed by atoms with Gasteiger partial charge in [-0.2, -0.15) is 0 Å². The number of hydrogen-bond donors (Lipinski definition) is 1. The summed E-state index contributed by atoms with van der Waals surface area (Å²) in [5, 5.41) is 14.8. The second-order valence-electron chi connectivity index (χ2n) is 11.1. The third-order valence-electron chi connectivity index (χ3n) is 7.60. The summed E-state index contributed by atoms with van der Waals surface area (Å²) in [5.41, 5.74) is 3.65. The van der Waals surface area contributed by atoms with Crippen LogP contribution in [0.4, 0.5) is 17.1 Å². The van der Waals surface area contributed by atoms with Crippen LogP contribution in [0.3, 0.4) is 0 Å². The lowest BCUT2D eigenvalue weighted by Gasteiger charge is -2.39. The highest BCUT2D eigenvalue weighted by Crippen LogP contribution is 2.45. The summed E-state index contributed by atoms with van der Waals surface area (Å²) in [6.07, 6.45) is 0. The molecule has 232 valence electrons. The number of carbonyl (C=O) groups excluding carboxylic acids is 2. The van der Waals surface area contributed by atoms with Crippen molar-refractivity contribution in [1.82, 2.24) is 0 Å². The molecule has 5 rings (SSSR count). The van der Waals surface area contributed by atoms with Crippen molar-refractivity contribution in [2.75, 3.05) is 31.5 Å². The second-order valence-corrected chi connectivity index (χ2v) is 11.1. The van der Waals surface area contributed by atoms with E-state index < -0.39 is 16.4 Å². The van der Waals surface area contributed by atoms with Crippen molar-refractivity contribution in [2.24, 2.45) is 0 Å². The van der Waals surface area contributed by atoms with Crippen LogP contribution in [0, 0.1) is 17.0 Å². The maximum Gasteiger partial charge on any atom is 0.343 e. The van der Waals surface area contributed by atoms with Crippen LogP contribution < -0.4 is 29.2 Å². The monoisotopic (exact) mass is 611 g/mol. The zero-order valence-corrected chi connectivity index (χ0v) is 25.8. The Bertz CT molecular complexity index is 1800. The number of anilines is 2. The van der Waals surface area contributed by atoms with Gasteiger partial charge in [-0.25, -0.2) is 4.79 Å². The number of carbonyl (C=O) groups is 2. The topological polar surface area (TPSA) is 129 Å². The summed E-state index contributed by atoms with van der Waals surface area (Å²) >= 11 is 0. The van der Waals surface area contributed by atoms with Crippen molar-refractivity contribution in [3.8, 4) is 34.1 Å². The van der Waals surface area contributed by atoms with Crippen LogP contribution in [-0.4, -0.2) is 43.6 Å². The molecule has 0 unspecified atom stereocenters. The number of likely N-dealkylation sites (N-methyl/N-ethyl adjacent to an activating group) is 1. The second kappa shape index (κ2) is 12.2. The molecule has 1 amide bonds. The van der Waals surface area contributed by atoms with Crippen LogP contribution in [-0.2, 0) is 11.4 Å². The van der Waals surface area contributed by atoms with Gasteiger partial charge in [-0.1, -0.05) is 23.8 Å². The zero-order valence-electron chi connectivity index (χ0n) is 25.8. The van der Waals surface area contributed by atoms with Gasteiger partial charge in [0.05, 0.1) is 42.1 Å². The van der Waals surface area contributed by atoms with E-state index in [1.54, 1.807) is 56.1 Å². The van der Waals surface area contributed by atoms with E-state index >= 15 is 0 Å². The summed E-state index contributed by atoms with van der Waals surface area (Å²) in [6.45, 7) is 5.45. The first-order valence-corrected chi connectivity index (χ1v) is 14.1. The van der Waals surface area contributed by atoms with Crippen LogP contribution in [0.2, 0.25) is 0 Å². The first-order chi connectivity index (χ1) is 21.4. The molecule has 0 bridgehead atoms. The number of esters is 1. The average molecular weight is 612 g/mol. The lowest BCUT2D eigenvalue weighted by molar-refractivity contribution is -0.385. The van der Waals surface area contributed by atoms with Crippen LogP contribution in [0.5, 0.6) is 23.0 Å². The fourth-order valence-electron chi connectivity index (χ4n) is 5.28. The van der Waals surface area contributed by atoms with Gasteiger partial charge >= 0.3 is 5.97 Å². The molecule has 1 heterocycles. The molecule has 0 aliphatic carbocycles. The number of benzene rings is 4. The molecular formula is C34H33N3O8. The lowest BCUT2D eigenvalue weighted by Crippen LogP contribution is -2.52. The van der Waals surface area contributed by atoms with Gasteiger partial charge in [-0.3, -0.25) is 14.9 Å². The number of hydrogen-bond acceptors (Lipinski definition) is 9. The maximum atomic E-state index is 13.4. The van der Waals surface area contributed by atoms with Crippen LogP contribution >= 0.6 is 0 Å². The standard InChI is InChI=1S/C34H33N3O8/c1-20-7-9-21(10-8-20)32(38)45-23-12-13-25(29(18-23)43-6)24-14-15-27-31(36(4)33(39)34(2,3)35-27)26(24)19-44-30-17-22(37(40)41)11-16-28(30)42-5/h7-18,35H,19H2,1-6H3. The number of nitro groups is 1. The third-order valence-corrected chi connectivity index (χ3v) is 7.60. The lowest BCUT2D eigenvalue weighted by atomic mass is 9.91. The van der Waals surface area contributed by atoms with Gasteiger partial charge in [0.25, 0.3) is 11.6 Å². The molecule has 0 radical (unpaired) electrons. The molecule has 4 aromatic carbocycles. The minimum absolute atomic E-state index is 0.0803. The van der Waals surface area contributed by atoms with Crippen LogP contribution in [0.25, 0.3) is 11.1 Å². The molecule has 0 saturated carbocycles. The Morgan fingerprint density at radius 2 is 1.60 bits per heavy atom. The SMILES string of the molecule is COc1ccc([N+](=O)[O-])cc1OCc1c(-c2ccc(OC(=O)c3ccc(C)cc3)cc2OC)ccc2c1N(C)C(=O)C(C)(C)N2. The normalized spacial score (nSPS) is 13.4. The number of ether oxygens (including phenoxy) is 4. The molecule has 0 atom stereocenters. The van der Waals surface area contributed by atoms with Crippen LogP contribution in [0.1, 0.15) is 35.3 Å². The fraction of sp³-hybridized carbons (Fsp3) is 0.235. The molecule has 1 N–H and O–H groups in total. The Balaban J connectivity index is 1.58. The van der Waals surface area contributed by atoms with E-state index in [9.17, 15) is 19.7 Å². The van der Waals surface area contributed by atoms with Crippen molar-refractivity contribution in [1.29, 1.82) is 0 Å². The Morgan fingerprint density at radius 3 is 2.27 bits per heavy atom. The molecule has 45 heavy (non-hydrogen) atoms. The van der Waals surface area contributed by atoms with E-state index in [0.29, 0.717) is 45.1 Å². The number of nitro benzene ring substituents is 1. The third kappa shape index (κ3) is 6.10. The van der Waals surface area contributed by atoms with Crippen molar-refractivity contribution in [2.45, 2.75) is 32.9 Å². The summed E-state index contributed by atoms with van der Waals surface area (Å²) in [6, 6.07) is 20.0. The Hall–Kier alpha value is -5.58. The van der Waals surface area contributed by atoms with Crippen molar-refractivity contribution in [3.05, 3.63) is 99.6 Å². The minimum Gasteiger partial charge on any atom is -0.496 e. The molecule has 1 aliphatic rings. The van der Waals surface area contributed by atoms with E-state index in [1.165, 1.54) is 32.4 Å². The van der Waals surface area contributed by atoms with Gasteiger partial charge in [0.15, 0.2) is 11.5 Å². The molecule has 11 nitrogen and oxygen atoms in total. The number of methoxy groups -OCH3 is 2. The molecule has 0 fully saturated rings. The number of non-ortho nitro benzene ring substituents is 1. The Labute approximate surface area is 260 Å². The summed E-state index contributed by atoms with van der Waals surface area (Å²) in [7, 11) is 4.64. The minimum atomic E-state index is -0.856. The van der Waals surface area contributed by atoms with E-state index in [1.807, 2.05) is 31.2 Å². The van der Waals surface area contributed by atoms with Gasteiger partial charge in [-0.15, -0.1) is 0 Å². The van der Waals surface area contributed by atoms with E-state index in [-0.39, 0.29) is 29.7 Å². The molecule has 4 aromatic rings. The number of amides is 1. The van der Waals surface area contributed by atoms with E-state index in [2.05, 4.69) is 5.32 Å². The van der Waals surface area contributed by atoms with Gasteiger partial charge in [0.1, 0.15) is 23.6 Å². The number of rotatable bonds is 9. The Morgan fingerprint density at radius 1 is 0.911 bits per heavy atom. The van der Waals surface area contributed by atoms with E-state index in [4.69, 9.17) is 18.9 Å². The Kier molecular flexibility index (Phi) is 8.36. The molecular weight excluding hydrogens is 578 g/mol. The number of nitrogens with one attached hydrogen (secondary N) is 1. The van der Waals surface area contributed by atoms with E-state index in [0.717, 1.165) is 5.56 Å². The smallest absolute Gasteiger partial charge is 0.343 e. The maximum absolute atomic E-state index is 13.4. The van der Waals surface area contributed by atoms with Crippen molar-refractivity contribution >= 4 is 28.9 Å². The highest BCUT2D eigenvalue weighted by molar-refractivity contribution is 6.08. The van der Waals surface area contributed by atoms with Gasteiger partial charge in [0.2, 0.25) is 0 Å². The van der Waals surface area contributed by atoms with Crippen LogP contribution in [0.15, 0.2) is 72.8 Å². The number of aryl methyl sites for hydroxylation is 1. The van der Waals surface area contributed by atoms with Gasteiger partial charge < -0.3 is 29.2 Å². The first kappa shape index (κ1) is 30.9. The number of fused-ring (bicyclic) bond motifs is 1. The molecule has 11 heteroatoms. The molecule has 0 aromatic heterocycles. The predicted molar refractivity (Wildman–Crippen MR) is 170 cm³/mol. The quantitative estimate of drug-likeness (QED) is 0.0969. The predicted octanol–water partition coefficient (Wildman–Crippen LogP) is 6.55. The highest BCUT2D eigenvalue weighted by atomic mass is 16.6. The summed E-state index contributed by atoms with van der Waals surface area (Å²) in [4.78, 5) is 38.7. The van der Waals surface area contributed by atoms with Gasteiger partial charge in [0, 0.05) is 30.3 Å². The fourth-order valence-corrected chi connectivity index (χ4v) is 5.28. The zero-order chi connectivity index (χ0) is 32.5. The summed E-state index contributed by atoms with van der Waals surface area (Å²) < 4.78 is 22.9. The summed E-state index contributed by atoms with van der Waals surface area (Å²) in [5.74, 6) is 0.510. The largest absolute Gasteiger partial charge is 0.496 e. The molecule has 1 aliphatic heterocycles. The first-order valence-electron chi connectivity index (χ1n) is 14.1. The molecule has 0 spiro atoms. The highest BCUT2D eigenvalue weighted by Gasteiger charge is 2.39. The molecule has 0 saturated heterocycles.